The molecule has 3 aliphatic rings. The standard InChI is InChI=1S/C34H36N4O6/c1-5-33(41,6-2)25(39)17-20-15-19-11-12-24-22(16-19)34(21-9-7-8-10-23(21)36-32(34)43-24)28-27(30-35-13-14-42-30)38-31(44-28)26(18(3)4)37-29(20)40/h7-14,16,18,20,26,32,36,41H,5-6,15,17H2,1-4H3,(H,37,40)/t20?,26-,32-,34?/m0/s1. The van der Waals surface area contributed by atoms with Gasteiger partial charge in [0.15, 0.2) is 23.5 Å². The van der Waals surface area contributed by atoms with Crippen molar-refractivity contribution in [1.82, 2.24) is 15.3 Å². The highest BCUT2D eigenvalue weighted by Gasteiger charge is 2.61. The summed E-state index contributed by atoms with van der Waals surface area (Å²) < 4.78 is 19.1. The number of amides is 1. The molecule has 228 valence electrons. The normalized spacial score (nSPS) is 23.6. The Morgan fingerprint density at radius 2 is 1.93 bits per heavy atom. The van der Waals surface area contributed by atoms with E-state index in [1.54, 1.807) is 20.0 Å². The van der Waals surface area contributed by atoms with Gasteiger partial charge in [0.25, 0.3) is 0 Å². The largest absolute Gasteiger partial charge is 0.469 e. The molecule has 44 heavy (non-hydrogen) atoms. The summed E-state index contributed by atoms with van der Waals surface area (Å²) in [5.41, 5.74) is 1.59. The predicted molar refractivity (Wildman–Crippen MR) is 161 cm³/mol. The van der Waals surface area contributed by atoms with Crippen LogP contribution >= 0.6 is 0 Å². The molecule has 4 atom stereocenters. The van der Waals surface area contributed by atoms with Crippen molar-refractivity contribution in [3.05, 3.63) is 83.3 Å². The average molecular weight is 597 g/mol. The van der Waals surface area contributed by atoms with Crippen LogP contribution in [0.1, 0.15) is 81.3 Å². The summed E-state index contributed by atoms with van der Waals surface area (Å²) in [6, 6.07) is 13.3. The Balaban J connectivity index is 1.47. The number of aromatic nitrogens is 2. The number of nitrogens with one attached hydrogen (secondary N) is 2. The van der Waals surface area contributed by atoms with Gasteiger partial charge >= 0.3 is 0 Å². The van der Waals surface area contributed by atoms with Crippen molar-refractivity contribution in [3.63, 3.8) is 0 Å². The van der Waals surface area contributed by atoms with Crippen LogP contribution < -0.4 is 15.4 Å². The van der Waals surface area contributed by atoms with E-state index in [2.05, 4.69) is 21.7 Å². The van der Waals surface area contributed by atoms with Gasteiger partial charge in [-0.3, -0.25) is 9.59 Å². The number of aliphatic hydroxyl groups is 1. The Labute approximate surface area is 255 Å². The molecular weight excluding hydrogens is 560 g/mol. The Morgan fingerprint density at radius 3 is 2.66 bits per heavy atom. The van der Waals surface area contributed by atoms with E-state index >= 15 is 0 Å². The fourth-order valence-corrected chi connectivity index (χ4v) is 6.96. The zero-order valence-corrected chi connectivity index (χ0v) is 25.2. The number of carbonyl (C=O) groups is 2. The van der Waals surface area contributed by atoms with E-state index in [0.717, 1.165) is 22.4 Å². The first-order valence-corrected chi connectivity index (χ1v) is 15.3. The fourth-order valence-electron chi connectivity index (χ4n) is 6.96. The molecule has 2 aromatic carbocycles. The van der Waals surface area contributed by atoms with E-state index in [0.29, 0.717) is 35.4 Å². The second-order valence-electron chi connectivity index (χ2n) is 12.4. The molecule has 1 amide bonds. The predicted octanol–water partition coefficient (Wildman–Crippen LogP) is 5.30. The number of carbonyl (C=O) groups excluding carboxylic acids is 2. The average Bonchev–Trinajstić information content (AvgIpc) is 3.80. The van der Waals surface area contributed by atoms with E-state index in [-0.39, 0.29) is 36.9 Å². The molecule has 4 aromatic rings. The molecule has 0 fully saturated rings. The van der Waals surface area contributed by atoms with Crippen molar-refractivity contribution in [2.45, 2.75) is 76.7 Å². The zero-order valence-electron chi connectivity index (χ0n) is 25.2. The summed E-state index contributed by atoms with van der Waals surface area (Å²) in [5.74, 6) is 0.313. The first-order valence-electron chi connectivity index (χ1n) is 15.3. The number of hydrogen-bond donors (Lipinski definition) is 3. The Morgan fingerprint density at radius 1 is 1.14 bits per heavy atom. The SMILES string of the molecule is CCC(O)(CC)C(=O)CC1Cc2ccc3c(c2)C2(c4ccccc4N[C@H]2O3)c2oc(nc2-c2ncco2)[C@H](C(C)C)NC1=O. The number of ether oxygens (including phenoxy) is 1. The molecule has 0 saturated carbocycles. The van der Waals surface area contributed by atoms with Gasteiger partial charge in [-0.25, -0.2) is 9.97 Å². The number of nitrogens with zero attached hydrogens (tertiary/aromatic N) is 2. The highest BCUT2D eigenvalue weighted by Crippen LogP contribution is 2.59. The quantitative estimate of drug-likeness (QED) is 0.259. The van der Waals surface area contributed by atoms with Crippen LogP contribution in [0.4, 0.5) is 5.69 Å². The summed E-state index contributed by atoms with van der Waals surface area (Å²) in [6.07, 6.45) is 3.27. The lowest BCUT2D eigenvalue weighted by Crippen LogP contribution is -2.43. The zero-order chi connectivity index (χ0) is 30.8. The smallest absolute Gasteiger partial charge is 0.248 e. The van der Waals surface area contributed by atoms with Crippen molar-refractivity contribution in [2.24, 2.45) is 11.8 Å². The third-order valence-corrected chi connectivity index (χ3v) is 9.59. The lowest BCUT2D eigenvalue weighted by molar-refractivity contribution is -0.141. The van der Waals surface area contributed by atoms with Crippen LogP contribution in [0.3, 0.4) is 0 Å². The number of para-hydroxylation sites is 1. The number of fused-ring (bicyclic) bond motifs is 4. The molecule has 4 bridgehead atoms. The maximum absolute atomic E-state index is 14.0. The van der Waals surface area contributed by atoms with Crippen LogP contribution in [0.25, 0.3) is 11.6 Å². The molecule has 3 N–H and O–H groups in total. The van der Waals surface area contributed by atoms with Crippen molar-refractivity contribution < 1.29 is 28.3 Å². The van der Waals surface area contributed by atoms with E-state index < -0.39 is 29.2 Å². The number of anilines is 1. The van der Waals surface area contributed by atoms with Crippen LogP contribution in [0.15, 0.2) is 63.8 Å². The molecule has 2 unspecified atom stereocenters. The van der Waals surface area contributed by atoms with Gasteiger partial charge in [-0.05, 0) is 48.4 Å². The maximum Gasteiger partial charge on any atom is 0.248 e. The second-order valence-corrected chi connectivity index (χ2v) is 12.4. The number of hydrogen-bond acceptors (Lipinski definition) is 9. The van der Waals surface area contributed by atoms with Crippen molar-refractivity contribution in [1.29, 1.82) is 0 Å². The monoisotopic (exact) mass is 596 g/mol. The first-order chi connectivity index (χ1) is 21.2. The van der Waals surface area contributed by atoms with Crippen LogP contribution in [0.2, 0.25) is 0 Å². The molecule has 7 rings (SSSR count). The van der Waals surface area contributed by atoms with Crippen LogP contribution in [-0.4, -0.2) is 38.6 Å². The topological polar surface area (TPSA) is 140 Å². The molecule has 0 saturated heterocycles. The van der Waals surface area contributed by atoms with E-state index in [4.69, 9.17) is 18.6 Å². The van der Waals surface area contributed by atoms with Gasteiger partial charge in [0.2, 0.25) is 17.7 Å². The van der Waals surface area contributed by atoms with Crippen LogP contribution in [0.5, 0.6) is 5.75 Å². The third kappa shape index (κ3) is 4.11. The highest BCUT2D eigenvalue weighted by atomic mass is 16.5. The Hall–Kier alpha value is -4.44. The highest BCUT2D eigenvalue weighted by molar-refractivity contribution is 5.92. The van der Waals surface area contributed by atoms with Gasteiger partial charge in [-0.1, -0.05) is 58.0 Å². The lowest BCUT2D eigenvalue weighted by atomic mass is 9.72. The lowest BCUT2D eigenvalue weighted by Gasteiger charge is -2.29. The minimum Gasteiger partial charge on any atom is -0.469 e. The molecule has 2 aromatic heterocycles. The first kappa shape index (κ1) is 28.3. The van der Waals surface area contributed by atoms with Gasteiger partial charge in [0, 0.05) is 23.6 Å². The molecule has 10 nitrogen and oxygen atoms in total. The van der Waals surface area contributed by atoms with E-state index in [1.165, 1.54) is 6.26 Å². The second kappa shape index (κ2) is 10.3. The number of Topliss-reactive ketones (excluding diaryl/α,β-unsaturated/α-hetero) is 1. The number of oxazole rings is 2. The molecule has 5 heterocycles. The van der Waals surface area contributed by atoms with Crippen LogP contribution in [0, 0.1) is 11.8 Å². The van der Waals surface area contributed by atoms with Crippen LogP contribution in [-0.2, 0) is 21.4 Å². The van der Waals surface area contributed by atoms with E-state index in [1.807, 2.05) is 50.2 Å². The summed E-state index contributed by atoms with van der Waals surface area (Å²) in [4.78, 5) is 36.8. The minimum absolute atomic E-state index is 0.0982. The van der Waals surface area contributed by atoms with Gasteiger partial charge < -0.3 is 29.3 Å². The molecule has 1 spiro atoms. The Kier molecular flexibility index (Phi) is 6.65. The molecule has 10 heteroatoms. The molecule has 0 aliphatic carbocycles. The maximum atomic E-state index is 14.0. The van der Waals surface area contributed by atoms with Gasteiger partial charge in [-0.2, -0.15) is 0 Å². The molecule has 3 aliphatic heterocycles. The minimum atomic E-state index is -1.48. The van der Waals surface area contributed by atoms with Crippen molar-refractivity contribution >= 4 is 17.4 Å². The number of ketones is 1. The van der Waals surface area contributed by atoms with Gasteiger partial charge in [0.1, 0.15) is 29.1 Å². The number of rotatable bonds is 7. The summed E-state index contributed by atoms with van der Waals surface area (Å²) in [6.45, 7) is 7.52. The fraction of sp³-hybridized carbons (Fsp3) is 0.412. The number of benzene rings is 2. The molecule has 0 radical (unpaired) electrons. The summed E-state index contributed by atoms with van der Waals surface area (Å²) in [7, 11) is 0. The van der Waals surface area contributed by atoms with Gasteiger partial charge in [0.05, 0.1) is 6.20 Å². The Bertz CT molecular complexity index is 1740. The summed E-state index contributed by atoms with van der Waals surface area (Å²) in [5, 5.41) is 17.7. The van der Waals surface area contributed by atoms with E-state index in [9.17, 15) is 14.7 Å². The van der Waals surface area contributed by atoms with Crippen molar-refractivity contribution in [3.8, 4) is 17.3 Å². The third-order valence-electron chi connectivity index (χ3n) is 9.59. The summed E-state index contributed by atoms with van der Waals surface area (Å²) >= 11 is 0. The van der Waals surface area contributed by atoms with Crippen molar-refractivity contribution in [2.75, 3.05) is 5.32 Å². The molecular formula is C34H36N4O6. The van der Waals surface area contributed by atoms with Gasteiger partial charge in [-0.15, -0.1) is 0 Å².